The zero-order chi connectivity index (χ0) is 25.1. The first-order chi connectivity index (χ1) is 16.8. The van der Waals surface area contributed by atoms with Crippen LogP contribution in [0.4, 0.5) is 8.78 Å². The third-order valence-electron chi connectivity index (χ3n) is 5.81. The second-order valence-corrected chi connectivity index (χ2v) is 8.04. The van der Waals surface area contributed by atoms with Crippen molar-refractivity contribution in [3.8, 4) is 11.5 Å². The highest BCUT2D eigenvalue weighted by molar-refractivity contribution is 6.46. The summed E-state index contributed by atoms with van der Waals surface area (Å²) in [6.45, 7) is 2.12. The highest BCUT2D eigenvalue weighted by Crippen LogP contribution is 2.41. The number of phenols is 1. The molecule has 0 saturated carbocycles. The van der Waals surface area contributed by atoms with Crippen LogP contribution in [0.3, 0.4) is 0 Å². The summed E-state index contributed by atoms with van der Waals surface area (Å²) in [6.07, 6.45) is 0.330. The van der Waals surface area contributed by atoms with Gasteiger partial charge in [0.1, 0.15) is 17.4 Å². The lowest BCUT2D eigenvalue weighted by molar-refractivity contribution is -0.139. The van der Waals surface area contributed by atoms with Gasteiger partial charge in [-0.15, -0.1) is 0 Å². The molecule has 1 atom stereocenters. The van der Waals surface area contributed by atoms with Crippen molar-refractivity contribution >= 4 is 17.4 Å². The van der Waals surface area contributed by atoms with E-state index in [1.54, 1.807) is 19.1 Å². The van der Waals surface area contributed by atoms with Gasteiger partial charge in [-0.1, -0.05) is 18.2 Å². The molecule has 0 aliphatic carbocycles. The van der Waals surface area contributed by atoms with Gasteiger partial charge in [-0.25, -0.2) is 8.78 Å². The Kier molecular flexibility index (Phi) is 6.82. The Bertz CT molecular complexity index is 1290. The minimum atomic E-state index is -0.986. The Morgan fingerprint density at radius 1 is 0.971 bits per heavy atom. The van der Waals surface area contributed by atoms with Gasteiger partial charge in [-0.3, -0.25) is 9.59 Å². The summed E-state index contributed by atoms with van der Waals surface area (Å²) in [7, 11) is 0. The van der Waals surface area contributed by atoms with Crippen molar-refractivity contribution < 1.29 is 33.3 Å². The van der Waals surface area contributed by atoms with E-state index in [0.717, 1.165) is 17.7 Å². The molecule has 0 aromatic heterocycles. The Morgan fingerprint density at radius 2 is 1.60 bits per heavy atom. The van der Waals surface area contributed by atoms with Crippen LogP contribution in [-0.2, 0) is 16.0 Å². The number of amides is 1. The van der Waals surface area contributed by atoms with Crippen molar-refractivity contribution in [2.24, 2.45) is 0 Å². The highest BCUT2D eigenvalue weighted by Gasteiger charge is 2.46. The Labute approximate surface area is 200 Å². The van der Waals surface area contributed by atoms with Crippen molar-refractivity contribution in [1.82, 2.24) is 4.90 Å². The normalized spacial score (nSPS) is 17.1. The van der Waals surface area contributed by atoms with Crippen molar-refractivity contribution in [3.63, 3.8) is 0 Å². The molecule has 1 fully saturated rings. The molecule has 6 nitrogen and oxygen atoms in total. The van der Waals surface area contributed by atoms with E-state index in [2.05, 4.69) is 0 Å². The molecule has 1 heterocycles. The summed E-state index contributed by atoms with van der Waals surface area (Å²) in [4.78, 5) is 27.5. The Balaban J connectivity index is 1.80. The molecule has 1 amide bonds. The molecule has 0 bridgehead atoms. The molecule has 1 aliphatic rings. The van der Waals surface area contributed by atoms with Crippen LogP contribution in [0.5, 0.6) is 11.5 Å². The van der Waals surface area contributed by atoms with Crippen LogP contribution in [0.25, 0.3) is 5.76 Å². The molecule has 35 heavy (non-hydrogen) atoms. The number of halogens is 2. The minimum Gasteiger partial charge on any atom is -0.507 e. The van der Waals surface area contributed by atoms with E-state index in [1.807, 2.05) is 0 Å². The molecule has 0 spiro atoms. The number of aliphatic hydroxyl groups is 1. The van der Waals surface area contributed by atoms with Crippen LogP contribution in [0.2, 0.25) is 0 Å². The molecule has 2 N–H and O–H groups in total. The average Bonchev–Trinajstić information content (AvgIpc) is 3.10. The predicted molar refractivity (Wildman–Crippen MR) is 125 cm³/mol. The number of ketones is 1. The summed E-state index contributed by atoms with van der Waals surface area (Å²) < 4.78 is 32.2. The van der Waals surface area contributed by atoms with Crippen molar-refractivity contribution in [3.05, 3.63) is 101 Å². The number of Topliss-reactive ketones (excluding diaryl/α,β-unsaturated/α-hetero) is 1. The number of likely N-dealkylation sites (tertiary alicyclic amines) is 1. The van der Waals surface area contributed by atoms with Gasteiger partial charge in [0.05, 0.1) is 18.2 Å². The van der Waals surface area contributed by atoms with Crippen LogP contribution in [-0.4, -0.2) is 40.0 Å². The van der Waals surface area contributed by atoms with Gasteiger partial charge in [0, 0.05) is 12.1 Å². The fraction of sp³-hybridized carbons (Fsp3) is 0.185. The maximum absolute atomic E-state index is 13.4. The second kappa shape index (κ2) is 9.97. The van der Waals surface area contributed by atoms with Crippen LogP contribution in [0, 0.1) is 11.6 Å². The van der Waals surface area contributed by atoms with Crippen molar-refractivity contribution in [2.45, 2.75) is 19.4 Å². The van der Waals surface area contributed by atoms with E-state index in [1.165, 1.54) is 47.4 Å². The molecule has 180 valence electrons. The van der Waals surface area contributed by atoms with Gasteiger partial charge >= 0.3 is 0 Å². The lowest BCUT2D eigenvalue weighted by Gasteiger charge is -2.26. The molecule has 3 aromatic rings. The van der Waals surface area contributed by atoms with E-state index < -0.39 is 29.3 Å². The number of carbonyl (C=O) groups is 2. The molecule has 1 unspecified atom stereocenters. The Hall–Kier alpha value is -4.20. The largest absolute Gasteiger partial charge is 0.507 e. The smallest absolute Gasteiger partial charge is 0.295 e. The van der Waals surface area contributed by atoms with E-state index in [4.69, 9.17) is 4.74 Å². The standard InChI is InChI=1S/C27H23F2NO5/c1-2-35-22-15-18(7-12-21(22)31)24-23(25(32)17-5-10-20(29)11-6-17)26(33)27(34)30(24)14-13-16-3-8-19(28)9-4-16/h3-12,15,24,31-32H,2,13-14H2,1H3/b25-23-. The maximum Gasteiger partial charge on any atom is 0.295 e. The fourth-order valence-corrected chi connectivity index (χ4v) is 4.09. The summed E-state index contributed by atoms with van der Waals surface area (Å²) in [5.41, 5.74) is 1.21. The summed E-state index contributed by atoms with van der Waals surface area (Å²) >= 11 is 0. The number of nitrogens with zero attached hydrogens (tertiary/aromatic N) is 1. The average molecular weight is 479 g/mol. The Morgan fingerprint density at radius 3 is 2.23 bits per heavy atom. The fourth-order valence-electron chi connectivity index (χ4n) is 4.09. The van der Waals surface area contributed by atoms with E-state index >= 15 is 0 Å². The third kappa shape index (κ3) is 4.87. The predicted octanol–water partition coefficient (Wildman–Crippen LogP) is 4.73. The first-order valence-electron chi connectivity index (χ1n) is 11.0. The molecular weight excluding hydrogens is 456 g/mol. The zero-order valence-corrected chi connectivity index (χ0v) is 18.9. The number of aromatic hydroxyl groups is 1. The maximum atomic E-state index is 13.4. The van der Waals surface area contributed by atoms with Gasteiger partial charge in [-0.2, -0.15) is 0 Å². The number of ether oxygens (including phenoxy) is 1. The van der Waals surface area contributed by atoms with Gasteiger partial charge in [0.2, 0.25) is 0 Å². The van der Waals surface area contributed by atoms with Gasteiger partial charge in [0.15, 0.2) is 11.5 Å². The number of aliphatic hydroxyl groups excluding tert-OH is 1. The van der Waals surface area contributed by atoms with Gasteiger partial charge in [-0.05, 0) is 73.0 Å². The number of carbonyl (C=O) groups excluding carboxylic acids is 2. The minimum absolute atomic E-state index is 0.103. The van der Waals surface area contributed by atoms with E-state index in [9.17, 15) is 28.6 Å². The summed E-state index contributed by atoms with van der Waals surface area (Å²) in [5, 5.41) is 21.2. The number of hydrogen-bond donors (Lipinski definition) is 2. The van der Waals surface area contributed by atoms with Crippen molar-refractivity contribution in [2.75, 3.05) is 13.2 Å². The topological polar surface area (TPSA) is 87.1 Å². The van der Waals surface area contributed by atoms with E-state index in [0.29, 0.717) is 12.0 Å². The zero-order valence-electron chi connectivity index (χ0n) is 18.9. The highest BCUT2D eigenvalue weighted by atomic mass is 19.1. The van der Waals surface area contributed by atoms with Crippen LogP contribution in [0.1, 0.15) is 29.7 Å². The van der Waals surface area contributed by atoms with Gasteiger partial charge < -0.3 is 19.8 Å². The SMILES string of the molecule is CCOc1cc(C2/C(=C(/O)c3ccc(F)cc3)C(=O)C(=O)N2CCc2ccc(F)cc2)ccc1O. The summed E-state index contributed by atoms with van der Waals surface area (Å²) in [5.74, 6) is -3.00. The van der Waals surface area contributed by atoms with Gasteiger partial charge in [0.25, 0.3) is 11.7 Å². The lowest BCUT2D eigenvalue weighted by atomic mass is 9.95. The molecule has 8 heteroatoms. The lowest BCUT2D eigenvalue weighted by Crippen LogP contribution is -2.31. The number of benzene rings is 3. The monoisotopic (exact) mass is 479 g/mol. The first-order valence-corrected chi connectivity index (χ1v) is 11.0. The number of phenolic OH excluding ortho intramolecular Hbond substituents is 1. The molecule has 3 aromatic carbocycles. The third-order valence-corrected chi connectivity index (χ3v) is 5.81. The summed E-state index contributed by atoms with van der Waals surface area (Å²) in [6, 6.07) is 14.2. The van der Waals surface area contributed by atoms with E-state index in [-0.39, 0.29) is 41.6 Å². The molecule has 1 aliphatic heterocycles. The molecule has 0 radical (unpaired) electrons. The molecule has 1 saturated heterocycles. The second-order valence-electron chi connectivity index (χ2n) is 8.04. The molecule has 4 rings (SSSR count). The van der Waals surface area contributed by atoms with Crippen LogP contribution in [0.15, 0.2) is 72.3 Å². The van der Waals surface area contributed by atoms with Crippen LogP contribution >= 0.6 is 0 Å². The first kappa shape index (κ1) is 23.9. The number of rotatable bonds is 7. The quantitative estimate of drug-likeness (QED) is 0.291. The van der Waals surface area contributed by atoms with Crippen LogP contribution < -0.4 is 4.74 Å². The molecular formula is C27H23F2NO5. The number of hydrogen-bond acceptors (Lipinski definition) is 5. The van der Waals surface area contributed by atoms with Crippen molar-refractivity contribution in [1.29, 1.82) is 0 Å².